The molecule has 4 rings (SSSR count). The number of amides is 1. The second-order valence-electron chi connectivity index (χ2n) is 7.72. The highest BCUT2D eigenvalue weighted by Gasteiger charge is 2.72. The van der Waals surface area contributed by atoms with Crippen molar-refractivity contribution < 1.29 is 23.9 Å². The van der Waals surface area contributed by atoms with E-state index in [2.05, 4.69) is 10.6 Å². The first-order valence-corrected chi connectivity index (χ1v) is 9.06. The molecule has 1 amide bonds. The molecular formula is C18H24N4O5. The molecule has 1 aliphatic carbocycles. The number of allylic oxidation sites excluding steroid dienone is 2. The van der Waals surface area contributed by atoms with Gasteiger partial charge in [-0.05, 0) is 20.8 Å². The number of carbonyl (C=O) groups excluding carboxylic acids is 3. The molecule has 4 atom stereocenters. The molecule has 0 radical (unpaired) electrons. The number of fused-ring (bicyclic) bond motifs is 4. The number of ketones is 2. The number of nitrogens with two attached hydrogens (primary N) is 1. The van der Waals surface area contributed by atoms with E-state index < -0.39 is 17.7 Å². The van der Waals surface area contributed by atoms with Crippen molar-refractivity contribution >= 4 is 17.7 Å². The highest BCUT2D eigenvalue weighted by atomic mass is 16.6. The van der Waals surface area contributed by atoms with Gasteiger partial charge in [-0.3, -0.25) is 9.59 Å². The number of primary amides is 1. The Morgan fingerprint density at radius 3 is 2.70 bits per heavy atom. The third-order valence-corrected chi connectivity index (χ3v) is 5.86. The van der Waals surface area contributed by atoms with Gasteiger partial charge in [-0.25, -0.2) is 4.79 Å². The van der Waals surface area contributed by atoms with Gasteiger partial charge in [0.15, 0.2) is 5.72 Å². The molecular weight excluding hydrogens is 352 g/mol. The van der Waals surface area contributed by atoms with Crippen LogP contribution in [0.2, 0.25) is 0 Å². The Hall–Kier alpha value is -2.39. The molecule has 2 fully saturated rings. The van der Waals surface area contributed by atoms with Crippen LogP contribution in [0, 0.1) is 5.92 Å². The minimum atomic E-state index is -0.941. The van der Waals surface area contributed by atoms with Crippen LogP contribution in [0.3, 0.4) is 0 Å². The number of methoxy groups -OCH3 is 1. The van der Waals surface area contributed by atoms with Gasteiger partial charge in [0.1, 0.15) is 6.61 Å². The third-order valence-electron chi connectivity index (χ3n) is 5.86. The van der Waals surface area contributed by atoms with Crippen molar-refractivity contribution in [3.8, 4) is 0 Å². The Morgan fingerprint density at radius 2 is 2.11 bits per heavy atom. The monoisotopic (exact) mass is 376 g/mol. The van der Waals surface area contributed by atoms with Gasteiger partial charge in [-0.1, -0.05) is 0 Å². The van der Waals surface area contributed by atoms with E-state index in [1.807, 2.05) is 18.7 Å². The maximum Gasteiger partial charge on any atom is 0.404 e. The topological polar surface area (TPSA) is 133 Å². The van der Waals surface area contributed by atoms with Crippen LogP contribution < -0.4 is 16.4 Å². The fourth-order valence-electron chi connectivity index (χ4n) is 4.75. The Morgan fingerprint density at radius 1 is 1.41 bits per heavy atom. The Labute approximate surface area is 156 Å². The van der Waals surface area contributed by atoms with Crippen LogP contribution in [-0.2, 0) is 19.1 Å². The molecule has 0 aromatic rings. The molecule has 2 saturated heterocycles. The van der Waals surface area contributed by atoms with Gasteiger partial charge < -0.3 is 30.7 Å². The maximum atomic E-state index is 13.4. The van der Waals surface area contributed by atoms with Crippen molar-refractivity contribution in [2.75, 3.05) is 20.3 Å². The molecule has 3 heterocycles. The summed E-state index contributed by atoms with van der Waals surface area (Å²) in [5.74, 6) is -1.06. The average Bonchev–Trinajstić information content (AvgIpc) is 3.21. The van der Waals surface area contributed by atoms with Crippen LogP contribution in [0.25, 0.3) is 0 Å². The summed E-state index contributed by atoms with van der Waals surface area (Å²) >= 11 is 0. The van der Waals surface area contributed by atoms with Gasteiger partial charge in [0.2, 0.25) is 11.6 Å². The van der Waals surface area contributed by atoms with E-state index in [9.17, 15) is 14.4 Å². The van der Waals surface area contributed by atoms with Crippen molar-refractivity contribution in [3.63, 3.8) is 0 Å². The molecule has 9 nitrogen and oxygen atoms in total. The summed E-state index contributed by atoms with van der Waals surface area (Å²) in [4.78, 5) is 39.7. The molecule has 4 aliphatic rings. The number of ether oxygens (including phenoxy) is 2. The molecule has 0 saturated carbocycles. The number of hydrogen-bond donors (Lipinski definition) is 3. The molecule has 4 unspecified atom stereocenters. The van der Waals surface area contributed by atoms with E-state index in [4.69, 9.17) is 15.2 Å². The van der Waals surface area contributed by atoms with E-state index in [0.29, 0.717) is 29.1 Å². The summed E-state index contributed by atoms with van der Waals surface area (Å²) in [7, 11) is 1.55. The lowest BCUT2D eigenvalue weighted by Crippen LogP contribution is -2.55. The summed E-state index contributed by atoms with van der Waals surface area (Å²) in [6.07, 6.45) is -0.929. The van der Waals surface area contributed by atoms with Crippen LogP contribution in [0.4, 0.5) is 4.79 Å². The standard InChI is InChI=1S/C18H24N4O5/c1-7(2)20-12-8(3)14(23)13-11(15(12)24)9(6-27-17(19)25)18(26-4)16-10(21-16)5-22(13)18/h7,9-10,16,20-21H,5-6H2,1-4H3,(H2,19,25). The SMILES string of the molecule is COC12C(COC(N)=O)C3=C(C(=O)C(C)=C(NC(C)C)C3=O)N1CC1NC12. The zero-order valence-electron chi connectivity index (χ0n) is 15.8. The largest absolute Gasteiger partial charge is 0.449 e. The molecule has 0 bridgehead atoms. The zero-order valence-corrected chi connectivity index (χ0v) is 15.8. The van der Waals surface area contributed by atoms with Crippen molar-refractivity contribution in [2.45, 2.75) is 44.6 Å². The number of hydrogen-bond acceptors (Lipinski definition) is 8. The van der Waals surface area contributed by atoms with Gasteiger partial charge in [-0.2, -0.15) is 0 Å². The summed E-state index contributed by atoms with van der Waals surface area (Å²) < 4.78 is 11.0. The number of nitrogens with zero attached hydrogens (tertiary/aromatic N) is 1. The highest BCUT2D eigenvalue weighted by Crippen LogP contribution is 2.55. The fourth-order valence-corrected chi connectivity index (χ4v) is 4.75. The normalized spacial score (nSPS) is 34.1. The van der Waals surface area contributed by atoms with Crippen LogP contribution in [0.1, 0.15) is 20.8 Å². The maximum absolute atomic E-state index is 13.4. The van der Waals surface area contributed by atoms with E-state index in [1.165, 1.54) is 0 Å². The number of piperazine rings is 1. The molecule has 0 spiro atoms. The molecule has 4 N–H and O–H groups in total. The van der Waals surface area contributed by atoms with Gasteiger partial charge in [0.25, 0.3) is 0 Å². The zero-order chi connectivity index (χ0) is 19.7. The summed E-state index contributed by atoms with van der Waals surface area (Å²) in [6, 6.07) is 0.121. The van der Waals surface area contributed by atoms with Crippen LogP contribution >= 0.6 is 0 Å². The van der Waals surface area contributed by atoms with Gasteiger partial charge in [0.05, 0.1) is 23.4 Å². The first-order chi connectivity index (χ1) is 12.7. The van der Waals surface area contributed by atoms with Gasteiger partial charge in [0, 0.05) is 36.9 Å². The molecule has 146 valence electrons. The lowest BCUT2D eigenvalue weighted by Gasteiger charge is -2.39. The first kappa shape index (κ1) is 18.0. The summed E-state index contributed by atoms with van der Waals surface area (Å²) in [5, 5.41) is 6.42. The van der Waals surface area contributed by atoms with E-state index in [1.54, 1.807) is 14.0 Å². The number of rotatable bonds is 5. The van der Waals surface area contributed by atoms with E-state index >= 15 is 0 Å². The molecule has 0 aromatic heterocycles. The van der Waals surface area contributed by atoms with Crippen LogP contribution in [-0.4, -0.2) is 66.7 Å². The number of carbonyl (C=O) groups is 3. The second kappa shape index (κ2) is 5.80. The van der Waals surface area contributed by atoms with Gasteiger partial charge in [-0.15, -0.1) is 0 Å². The summed E-state index contributed by atoms with van der Waals surface area (Å²) in [6.45, 7) is 5.89. The third kappa shape index (κ3) is 2.28. The average molecular weight is 376 g/mol. The summed E-state index contributed by atoms with van der Waals surface area (Å²) in [5.41, 5.74) is 5.61. The first-order valence-electron chi connectivity index (χ1n) is 9.06. The van der Waals surface area contributed by atoms with Crippen molar-refractivity contribution in [1.29, 1.82) is 0 Å². The number of Topliss-reactive ketones (excluding diaryl/α,β-unsaturated/α-hetero) is 2. The van der Waals surface area contributed by atoms with Crippen molar-refractivity contribution in [1.82, 2.24) is 15.5 Å². The molecule has 27 heavy (non-hydrogen) atoms. The quantitative estimate of drug-likeness (QED) is 0.427. The van der Waals surface area contributed by atoms with E-state index in [0.717, 1.165) is 0 Å². The molecule has 9 heteroatoms. The lowest BCUT2D eigenvalue weighted by atomic mass is 9.82. The Balaban J connectivity index is 1.81. The smallest absolute Gasteiger partial charge is 0.404 e. The predicted octanol–water partition coefficient (Wildman–Crippen LogP) is -0.612. The Bertz CT molecular complexity index is 817. The number of nitrogens with one attached hydrogen (secondary N) is 2. The predicted molar refractivity (Wildman–Crippen MR) is 94.2 cm³/mol. The minimum absolute atomic E-state index is 0.0127. The molecule has 0 aromatic carbocycles. The van der Waals surface area contributed by atoms with Crippen LogP contribution in [0.5, 0.6) is 0 Å². The lowest BCUT2D eigenvalue weighted by molar-refractivity contribution is -0.137. The second-order valence-corrected chi connectivity index (χ2v) is 7.72. The highest BCUT2D eigenvalue weighted by molar-refractivity contribution is 6.25. The van der Waals surface area contributed by atoms with Gasteiger partial charge >= 0.3 is 6.09 Å². The van der Waals surface area contributed by atoms with Crippen molar-refractivity contribution in [2.24, 2.45) is 11.7 Å². The van der Waals surface area contributed by atoms with Crippen LogP contribution in [0.15, 0.2) is 22.5 Å². The van der Waals surface area contributed by atoms with E-state index in [-0.39, 0.29) is 36.3 Å². The molecule has 3 aliphatic heterocycles. The minimum Gasteiger partial charge on any atom is -0.449 e. The van der Waals surface area contributed by atoms with Crippen molar-refractivity contribution in [3.05, 3.63) is 22.5 Å². The fraction of sp³-hybridized carbons (Fsp3) is 0.611. The Kier molecular flexibility index (Phi) is 3.87.